The van der Waals surface area contributed by atoms with Crippen LogP contribution in [0.3, 0.4) is 0 Å². The van der Waals surface area contributed by atoms with E-state index in [-0.39, 0.29) is 5.16 Å². The van der Waals surface area contributed by atoms with Gasteiger partial charge in [-0.3, -0.25) is 4.79 Å². The van der Waals surface area contributed by atoms with Crippen LogP contribution in [0.25, 0.3) is 0 Å². The third-order valence-electron chi connectivity index (χ3n) is 4.27. The molecule has 3 aromatic rings. The number of ether oxygens (including phenoxy) is 1. The van der Waals surface area contributed by atoms with Gasteiger partial charge in [-0.2, -0.15) is 13.2 Å². The van der Waals surface area contributed by atoms with Crippen molar-refractivity contribution in [2.24, 2.45) is 7.05 Å². The summed E-state index contributed by atoms with van der Waals surface area (Å²) >= 11 is 0.887. The van der Waals surface area contributed by atoms with Gasteiger partial charge in [0.1, 0.15) is 11.0 Å². The standard InChI is InChI=1S/C20H19F3N4O2S/c1-12-9-10-15(29-3)14(11-12)24-17(28)16(13-7-5-4-6-8-13)30-19-26-25-18(27(19)2)20(21,22)23/h4-11,16H,1-3H3,(H,24,28)/t16-/m1/s1. The van der Waals surface area contributed by atoms with E-state index in [1.54, 1.807) is 42.5 Å². The zero-order chi connectivity index (χ0) is 21.9. The Morgan fingerprint density at radius 2 is 1.87 bits per heavy atom. The fourth-order valence-corrected chi connectivity index (χ4v) is 3.79. The van der Waals surface area contributed by atoms with Gasteiger partial charge in [-0.25, -0.2) is 0 Å². The highest BCUT2D eigenvalue weighted by atomic mass is 32.2. The molecule has 0 radical (unpaired) electrons. The number of hydrogen-bond donors (Lipinski definition) is 1. The summed E-state index contributed by atoms with van der Waals surface area (Å²) in [5, 5.41) is 8.79. The van der Waals surface area contributed by atoms with Crippen molar-refractivity contribution in [1.29, 1.82) is 0 Å². The first-order valence-corrected chi connectivity index (χ1v) is 9.72. The molecule has 1 N–H and O–H groups in total. The molecule has 0 aliphatic rings. The van der Waals surface area contributed by atoms with Gasteiger partial charge in [0.15, 0.2) is 5.16 Å². The highest BCUT2D eigenvalue weighted by Crippen LogP contribution is 2.38. The highest BCUT2D eigenvalue weighted by molar-refractivity contribution is 8.00. The smallest absolute Gasteiger partial charge is 0.451 e. The molecule has 0 aliphatic carbocycles. The Balaban J connectivity index is 1.94. The number of carbonyl (C=O) groups is 1. The number of nitrogens with zero attached hydrogens (tertiary/aromatic N) is 3. The van der Waals surface area contributed by atoms with E-state index in [1.165, 1.54) is 14.2 Å². The Kier molecular flexibility index (Phi) is 6.35. The number of rotatable bonds is 6. The largest absolute Gasteiger partial charge is 0.495 e. The van der Waals surface area contributed by atoms with Crippen molar-refractivity contribution in [3.63, 3.8) is 0 Å². The lowest BCUT2D eigenvalue weighted by atomic mass is 10.1. The average Bonchev–Trinajstić information content (AvgIpc) is 3.07. The molecule has 10 heteroatoms. The average molecular weight is 436 g/mol. The van der Waals surface area contributed by atoms with Crippen molar-refractivity contribution < 1.29 is 22.7 Å². The summed E-state index contributed by atoms with van der Waals surface area (Å²) in [6, 6.07) is 14.1. The van der Waals surface area contributed by atoms with E-state index in [0.717, 1.165) is 21.9 Å². The van der Waals surface area contributed by atoms with E-state index in [1.807, 2.05) is 13.0 Å². The topological polar surface area (TPSA) is 69.0 Å². The molecule has 1 heterocycles. The van der Waals surface area contributed by atoms with E-state index in [2.05, 4.69) is 15.5 Å². The number of methoxy groups -OCH3 is 1. The molecular weight excluding hydrogens is 417 g/mol. The predicted molar refractivity (Wildman–Crippen MR) is 107 cm³/mol. The normalized spacial score (nSPS) is 12.5. The first-order valence-electron chi connectivity index (χ1n) is 8.84. The van der Waals surface area contributed by atoms with Crippen LogP contribution in [0.2, 0.25) is 0 Å². The van der Waals surface area contributed by atoms with Crippen LogP contribution >= 0.6 is 11.8 Å². The molecule has 0 spiro atoms. The van der Waals surface area contributed by atoms with Gasteiger partial charge in [0.2, 0.25) is 11.7 Å². The molecule has 2 aromatic carbocycles. The molecule has 6 nitrogen and oxygen atoms in total. The number of nitrogens with one attached hydrogen (secondary N) is 1. The first kappa shape index (κ1) is 21.7. The molecule has 0 aliphatic heterocycles. The molecule has 1 aromatic heterocycles. The Morgan fingerprint density at radius 1 is 1.17 bits per heavy atom. The van der Waals surface area contributed by atoms with Gasteiger partial charge in [-0.05, 0) is 30.2 Å². The van der Waals surface area contributed by atoms with Crippen molar-refractivity contribution in [2.75, 3.05) is 12.4 Å². The van der Waals surface area contributed by atoms with E-state index in [9.17, 15) is 18.0 Å². The lowest BCUT2D eigenvalue weighted by Crippen LogP contribution is -2.20. The van der Waals surface area contributed by atoms with Gasteiger partial charge in [0, 0.05) is 7.05 Å². The molecule has 0 saturated heterocycles. The lowest BCUT2D eigenvalue weighted by Gasteiger charge is -2.18. The Labute approximate surface area is 175 Å². The van der Waals surface area contributed by atoms with Crippen LogP contribution in [0.15, 0.2) is 53.7 Å². The molecule has 1 atom stereocenters. The van der Waals surface area contributed by atoms with Crippen LogP contribution in [0.1, 0.15) is 22.2 Å². The van der Waals surface area contributed by atoms with Gasteiger partial charge in [0.05, 0.1) is 12.8 Å². The zero-order valence-electron chi connectivity index (χ0n) is 16.4. The molecule has 0 unspecified atom stereocenters. The van der Waals surface area contributed by atoms with E-state index in [0.29, 0.717) is 17.0 Å². The minimum absolute atomic E-state index is 0.0254. The van der Waals surface area contributed by atoms with Crippen LogP contribution in [0.5, 0.6) is 5.75 Å². The van der Waals surface area contributed by atoms with Crippen molar-refractivity contribution in [3.8, 4) is 5.75 Å². The second kappa shape index (κ2) is 8.78. The number of alkyl halides is 3. The molecule has 30 heavy (non-hydrogen) atoms. The number of anilines is 1. The fraction of sp³-hybridized carbons (Fsp3) is 0.250. The Bertz CT molecular complexity index is 1040. The molecule has 1 amide bonds. The summed E-state index contributed by atoms with van der Waals surface area (Å²) in [5.41, 5.74) is 2.00. The quantitative estimate of drug-likeness (QED) is 0.571. The molecule has 0 bridgehead atoms. The van der Waals surface area contributed by atoms with Crippen LogP contribution in [0.4, 0.5) is 18.9 Å². The monoisotopic (exact) mass is 436 g/mol. The van der Waals surface area contributed by atoms with Crippen molar-refractivity contribution in [2.45, 2.75) is 23.5 Å². The third-order valence-corrected chi connectivity index (χ3v) is 5.55. The number of amides is 1. The number of aryl methyl sites for hydroxylation is 1. The van der Waals surface area contributed by atoms with E-state index < -0.39 is 23.2 Å². The van der Waals surface area contributed by atoms with Crippen LogP contribution < -0.4 is 10.1 Å². The second-order valence-corrected chi connectivity index (χ2v) is 7.54. The summed E-state index contributed by atoms with van der Waals surface area (Å²) in [6.45, 7) is 1.87. The maximum absolute atomic E-state index is 13.1. The summed E-state index contributed by atoms with van der Waals surface area (Å²) in [7, 11) is 2.71. The molecule has 3 rings (SSSR count). The number of halogens is 3. The van der Waals surface area contributed by atoms with E-state index >= 15 is 0 Å². The Morgan fingerprint density at radius 3 is 2.47 bits per heavy atom. The molecule has 0 saturated carbocycles. The predicted octanol–water partition coefficient (Wildman–Crippen LogP) is 4.62. The first-order chi connectivity index (χ1) is 14.2. The maximum atomic E-state index is 13.1. The van der Waals surface area contributed by atoms with E-state index in [4.69, 9.17) is 4.74 Å². The summed E-state index contributed by atoms with van der Waals surface area (Å²) < 4.78 is 45.3. The van der Waals surface area contributed by atoms with Crippen LogP contribution in [0, 0.1) is 6.92 Å². The Hall–Kier alpha value is -3.01. The van der Waals surface area contributed by atoms with Gasteiger partial charge in [-0.15, -0.1) is 10.2 Å². The van der Waals surface area contributed by atoms with Crippen molar-refractivity contribution in [1.82, 2.24) is 14.8 Å². The van der Waals surface area contributed by atoms with Crippen LogP contribution in [-0.4, -0.2) is 27.8 Å². The van der Waals surface area contributed by atoms with Gasteiger partial charge >= 0.3 is 6.18 Å². The zero-order valence-corrected chi connectivity index (χ0v) is 17.2. The lowest BCUT2D eigenvalue weighted by molar-refractivity contribution is -0.147. The SMILES string of the molecule is COc1ccc(C)cc1NC(=O)[C@H](Sc1nnc(C(F)(F)F)n1C)c1ccccc1. The van der Waals surface area contributed by atoms with Crippen molar-refractivity contribution in [3.05, 3.63) is 65.5 Å². The summed E-state index contributed by atoms with van der Waals surface area (Å²) in [6.07, 6.45) is -4.64. The third kappa shape index (κ3) is 4.76. The number of carbonyl (C=O) groups excluding carboxylic acids is 1. The molecular formula is C20H19F3N4O2S. The molecule has 158 valence electrons. The minimum atomic E-state index is -4.64. The second-order valence-electron chi connectivity index (χ2n) is 6.46. The fourth-order valence-electron chi connectivity index (χ4n) is 2.79. The van der Waals surface area contributed by atoms with Crippen molar-refractivity contribution >= 4 is 23.4 Å². The minimum Gasteiger partial charge on any atom is -0.495 e. The van der Waals surface area contributed by atoms with Gasteiger partial charge in [0.25, 0.3) is 0 Å². The number of benzene rings is 2. The van der Waals surface area contributed by atoms with Crippen LogP contribution in [-0.2, 0) is 18.0 Å². The summed E-state index contributed by atoms with van der Waals surface area (Å²) in [4.78, 5) is 13.1. The number of aromatic nitrogens is 3. The highest BCUT2D eigenvalue weighted by Gasteiger charge is 2.38. The number of hydrogen-bond acceptors (Lipinski definition) is 5. The number of thioether (sulfide) groups is 1. The van der Waals surface area contributed by atoms with Gasteiger partial charge in [-0.1, -0.05) is 48.2 Å². The van der Waals surface area contributed by atoms with Gasteiger partial charge < -0.3 is 14.6 Å². The summed E-state index contributed by atoms with van der Waals surface area (Å²) in [5.74, 6) is -1.08. The molecule has 0 fully saturated rings. The maximum Gasteiger partial charge on any atom is 0.451 e.